The summed E-state index contributed by atoms with van der Waals surface area (Å²) in [4.78, 5) is 5.32. The SMILES string of the molecule is Cn1c(Cc2cccs2)nn(C[NH+]2CCN(c3ccccc3)CC2)c1=S. The van der Waals surface area contributed by atoms with Crippen LogP contribution in [0.25, 0.3) is 0 Å². The van der Waals surface area contributed by atoms with Gasteiger partial charge in [0.05, 0.1) is 26.2 Å². The van der Waals surface area contributed by atoms with E-state index in [4.69, 9.17) is 17.3 Å². The number of nitrogens with zero attached hydrogens (tertiary/aromatic N) is 4. The number of rotatable bonds is 5. The van der Waals surface area contributed by atoms with Crippen molar-refractivity contribution in [1.82, 2.24) is 14.3 Å². The van der Waals surface area contributed by atoms with Crippen LogP contribution in [0.5, 0.6) is 0 Å². The van der Waals surface area contributed by atoms with Gasteiger partial charge in [0.25, 0.3) is 0 Å². The maximum Gasteiger partial charge on any atom is 0.202 e. The highest BCUT2D eigenvalue weighted by Crippen LogP contribution is 2.14. The minimum atomic E-state index is 0.814. The Labute approximate surface area is 163 Å². The molecule has 1 saturated heterocycles. The van der Waals surface area contributed by atoms with Gasteiger partial charge in [-0.3, -0.25) is 0 Å². The third-order valence-corrected chi connectivity index (χ3v) is 6.37. The Morgan fingerprint density at radius 3 is 2.58 bits per heavy atom. The lowest BCUT2D eigenvalue weighted by Gasteiger charge is -2.33. The van der Waals surface area contributed by atoms with Crippen LogP contribution in [0, 0.1) is 4.77 Å². The Morgan fingerprint density at radius 1 is 1.12 bits per heavy atom. The van der Waals surface area contributed by atoms with Gasteiger partial charge in [0.2, 0.25) is 4.77 Å². The van der Waals surface area contributed by atoms with Crippen LogP contribution in [0.1, 0.15) is 10.7 Å². The highest BCUT2D eigenvalue weighted by atomic mass is 32.1. The standard InChI is InChI=1S/C19H23N5S2/c1-21-18(14-17-8-5-13-26-17)20-24(19(21)25)15-22-9-11-23(12-10-22)16-6-3-2-4-7-16/h2-8,13H,9-12,14-15H2,1H3/p+1. The van der Waals surface area contributed by atoms with Crippen molar-refractivity contribution < 1.29 is 4.90 Å². The van der Waals surface area contributed by atoms with Crippen molar-refractivity contribution in [3.63, 3.8) is 0 Å². The molecular weight excluding hydrogens is 362 g/mol. The Morgan fingerprint density at radius 2 is 1.88 bits per heavy atom. The summed E-state index contributed by atoms with van der Waals surface area (Å²) in [7, 11) is 2.03. The summed E-state index contributed by atoms with van der Waals surface area (Å²) in [5, 5.41) is 6.91. The van der Waals surface area contributed by atoms with Crippen LogP contribution in [0.15, 0.2) is 47.8 Å². The second kappa shape index (κ2) is 7.73. The molecule has 136 valence electrons. The molecule has 2 aromatic heterocycles. The van der Waals surface area contributed by atoms with Gasteiger partial charge in [-0.05, 0) is 35.8 Å². The second-order valence-corrected chi connectivity index (χ2v) is 8.14. The lowest BCUT2D eigenvalue weighted by molar-refractivity contribution is -0.924. The monoisotopic (exact) mass is 386 g/mol. The molecule has 0 bridgehead atoms. The van der Waals surface area contributed by atoms with E-state index >= 15 is 0 Å². The molecule has 1 fully saturated rings. The first-order chi connectivity index (χ1) is 12.7. The van der Waals surface area contributed by atoms with E-state index in [0.29, 0.717) is 0 Å². The molecule has 26 heavy (non-hydrogen) atoms. The van der Waals surface area contributed by atoms with E-state index in [0.717, 1.165) is 49.9 Å². The third kappa shape index (κ3) is 3.75. The molecule has 1 N–H and O–H groups in total. The average molecular weight is 387 g/mol. The molecule has 3 heterocycles. The number of para-hydroxylation sites is 1. The molecule has 0 amide bonds. The molecule has 0 atom stereocenters. The minimum absolute atomic E-state index is 0.814. The van der Waals surface area contributed by atoms with Gasteiger partial charge in [-0.2, -0.15) is 9.78 Å². The van der Waals surface area contributed by atoms with Crippen LogP contribution < -0.4 is 9.80 Å². The van der Waals surface area contributed by atoms with E-state index in [2.05, 4.69) is 57.3 Å². The van der Waals surface area contributed by atoms with E-state index in [-0.39, 0.29) is 0 Å². The summed E-state index contributed by atoms with van der Waals surface area (Å²) in [6.07, 6.45) is 0.849. The number of piperazine rings is 1. The third-order valence-electron chi connectivity index (χ3n) is 5.01. The Kier molecular flexibility index (Phi) is 5.19. The molecule has 0 unspecified atom stereocenters. The molecule has 1 aliphatic heterocycles. The molecule has 5 nitrogen and oxygen atoms in total. The summed E-state index contributed by atoms with van der Waals surface area (Å²) in [5.41, 5.74) is 1.32. The number of quaternary nitrogens is 1. The fourth-order valence-corrected chi connectivity index (χ4v) is 4.36. The van der Waals surface area contributed by atoms with Crippen molar-refractivity contribution in [3.8, 4) is 0 Å². The Hall–Kier alpha value is -1.96. The van der Waals surface area contributed by atoms with Gasteiger partial charge in [0.1, 0.15) is 5.82 Å². The van der Waals surface area contributed by atoms with Crippen molar-refractivity contribution in [3.05, 3.63) is 63.3 Å². The van der Waals surface area contributed by atoms with Crippen LogP contribution in [0.4, 0.5) is 5.69 Å². The normalized spacial score (nSPS) is 15.5. The van der Waals surface area contributed by atoms with E-state index in [1.165, 1.54) is 15.5 Å². The fraction of sp³-hybridized carbons (Fsp3) is 0.368. The first-order valence-corrected chi connectivity index (χ1v) is 10.3. The van der Waals surface area contributed by atoms with E-state index in [1.807, 2.05) is 11.7 Å². The average Bonchev–Trinajstić information content (AvgIpc) is 3.28. The quantitative estimate of drug-likeness (QED) is 0.680. The molecule has 0 saturated carbocycles. The van der Waals surface area contributed by atoms with Crippen LogP contribution in [-0.4, -0.2) is 40.5 Å². The zero-order valence-electron chi connectivity index (χ0n) is 15.0. The summed E-state index contributed by atoms with van der Waals surface area (Å²) < 4.78 is 4.87. The van der Waals surface area contributed by atoms with Gasteiger partial charge in [-0.1, -0.05) is 24.3 Å². The zero-order valence-corrected chi connectivity index (χ0v) is 16.6. The first kappa shape index (κ1) is 17.5. The van der Waals surface area contributed by atoms with Gasteiger partial charge in [0.15, 0.2) is 6.67 Å². The van der Waals surface area contributed by atoms with Crippen molar-refractivity contribution in [2.45, 2.75) is 13.1 Å². The zero-order chi connectivity index (χ0) is 17.9. The van der Waals surface area contributed by atoms with Crippen LogP contribution in [0.3, 0.4) is 0 Å². The fourth-order valence-electron chi connectivity index (χ4n) is 3.45. The number of hydrogen-bond donors (Lipinski definition) is 1. The largest absolute Gasteiger partial charge is 0.360 e. The van der Waals surface area contributed by atoms with Crippen LogP contribution in [0.2, 0.25) is 0 Å². The van der Waals surface area contributed by atoms with Crippen molar-refractivity contribution >= 4 is 29.2 Å². The molecule has 0 aliphatic carbocycles. The highest BCUT2D eigenvalue weighted by Gasteiger charge is 2.21. The maximum absolute atomic E-state index is 5.62. The molecular formula is C19H24N5S2+. The Bertz CT molecular complexity index is 890. The number of anilines is 1. The minimum Gasteiger partial charge on any atom is -0.360 e. The summed E-state index contributed by atoms with van der Waals surface area (Å²) in [6.45, 7) is 5.20. The number of nitrogens with one attached hydrogen (secondary N) is 1. The highest BCUT2D eigenvalue weighted by molar-refractivity contribution is 7.71. The Balaban J connectivity index is 1.40. The van der Waals surface area contributed by atoms with Gasteiger partial charge in [-0.25, -0.2) is 0 Å². The van der Waals surface area contributed by atoms with Crippen LogP contribution in [-0.2, 0) is 20.1 Å². The van der Waals surface area contributed by atoms with E-state index < -0.39 is 0 Å². The second-order valence-electron chi connectivity index (χ2n) is 6.74. The van der Waals surface area contributed by atoms with Crippen molar-refractivity contribution in [2.24, 2.45) is 7.05 Å². The predicted octanol–water partition coefficient (Wildman–Crippen LogP) is 1.97. The smallest absolute Gasteiger partial charge is 0.202 e. The molecule has 1 aliphatic rings. The lowest BCUT2D eigenvalue weighted by Crippen LogP contribution is -3.14. The van der Waals surface area contributed by atoms with E-state index in [1.54, 1.807) is 11.3 Å². The number of aromatic nitrogens is 3. The maximum atomic E-state index is 5.62. The lowest BCUT2D eigenvalue weighted by atomic mass is 10.2. The molecule has 3 aromatic rings. The molecule has 0 radical (unpaired) electrons. The molecule has 0 spiro atoms. The first-order valence-electron chi connectivity index (χ1n) is 8.99. The summed E-state index contributed by atoms with van der Waals surface area (Å²) >= 11 is 7.39. The van der Waals surface area contributed by atoms with Crippen molar-refractivity contribution in [1.29, 1.82) is 0 Å². The summed E-state index contributed by atoms with van der Waals surface area (Å²) in [6, 6.07) is 14.9. The van der Waals surface area contributed by atoms with Gasteiger partial charge in [-0.15, -0.1) is 11.3 Å². The number of hydrogen-bond acceptors (Lipinski definition) is 4. The molecule has 1 aromatic carbocycles. The molecule has 4 rings (SSSR count). The van der Waals surface area contributed by atoms with Crippen molar-refractivity contribution in [2.75, 3.05) is 31.1 Å². The predicted molar refractivity (Wildman–Crippen MR) is 109 cm³/mol. The van der Waals surface area contributed by atoms with Crippen LogP contribution >= 0.6 is 23.6 Å². The van der Waals surface area contributed by atoms with E-state index in [9.17, 15) is 0 Å². The number of thiophene rings is 1. The summed E-state index contributed by atoms with van der Waals surface area (Å²) in [5.74, 6) is 1.04. The van der Waals surface area contributed by atoms with Gasteiger partial charge < -0.3 is 14.4 Å². The van der Waals surface area contributed by atoms with Gasteiger partial charge in [0, 0.05) is 24.0 Å². The van der Waals surface area contributed by atoms with Gasteiger partial charge >= 0.3 is 0 Å². The topological polar surface area (TPSA) is 30.4 Å². The molecule has 7 heteroatoms. The number of benzene rings is 1.